The van der Waals surface area contributed by atoms with Gasteiger partial charge in [-0.2, -0.15) is 0 Å². The lowest BCUT2D eigenvalue weighted by molar-refractivity contribution is -0.146. The topological polar surface area (TPSA) is 158 Å². The smallest absolute Gasteiger partial charge is 0.336 e. The molecule has 0 unspecified atom stereocenters. The molecule has 3 aliphatic heterocycles. The van der Waals surface area contributed by atoms with Crippen molar-refractivity contribution < 1.29 is 33.7 Å². The van der Waals surface area contributed by atoms with Gasteiger partial charge in [-0.05, 0) is 63.1 Å². The molecule has 260 valence electrons. The minimum absolute atomic E-state index is 0.168. The molecule has 3 aliphatic rings. The van der Waals surface area contributed by atoms with Crippen LogP contribution in [-0.2, 0) is 41.7 Å². The standard InChI is InChI=1S/C39H36N4O8/c1-5-49-38(47)33-20(3)41-21(4)34(39(48)50-6-2)35(33)22-10-9-11-23(14-22)40-17-26-24-12-7-8-13-29(24)42-36-27(26)18-43-30(36)15-25-28(37(43)46)19-51-32(45)16-31(25)44/h7-15,17,31,35,41,44H,5-6,16,18-19H2,1-4H3/t31-/m0/s1. The van der Waals surface area contributed by atoms with Crippen LogP contribution in [0.1, 0.15) is 74.0 Å². The number of rotatable bonds is 7. The Hall–Kier alpha value is -5.88. The zero-order valence-electron chi connectivity index (χ0n) is 28.6. The third kappa shape index (κ3) is 5.91. The lowest BCUT2D eigenvalue weighted by Crippen LogP contribution is -2.32. The average molecular weight is 689 g/mol. The highest BCUT2D eigenvalue weighted by molar-refractivity contribution is 6.03. The maximum Gasteiger partial charge on any atom is 0.336 e. The number of hydrogen-bond acceptors (Lipinski definition) is 11. The molecule has 4 aromatic rings. The molecule has 12 heteroatoms. The first-order valence-electron chi connectivity index (χ1n) is 16.8. The number of aromatic nitrogens is 2. The van der Waals surface area contributed by atoms with Gasteiger partial charge in [0.15, 0.2) is 0 Å². The maximum absolute atomic E-state index is 13.7. The van der Waals surface area contributed by atoms with Crippen molar-refractivity contribution in [1.82, 2.24) is 14.9 Å². The minimum Gasteiger partial charge on any atom is -0.463 e. The predicted octanol–water partition coefficient (Wildman–Crippen LogP) is 5.02. The summed E-state index contributed by atoms with van der Waals surface area (Å²) in [6.07, 6.45) is 0.330. The van der Waals surface area contributed by atoms with Crippen LogP contribution in [0.15, 0.2) is 86.9 Å². The predicted molar refractivity (Wildman–Crippen MR) is 188 cm³/mol. The number of cyclic esters (lactones) is 1. The summed E-state index contributed by atoms with van der Waals surface area (Å²) in [6, 6.07) is 16.6. The van der Waals surface area contributed by atoms with Crippen LogP contribution < -0.4 is 10.9 Å². The van der Waals surface area contributed by atoms with Crippen molar-refractivity contribution in [2.45, 2.75) is 59.3 Å². The van der Waals surface area contributed by atoms with E-state index in [-0.39, 0.29) is 43.9 Å². The second kappa shape index (κ2) is 13.4. The molecular formula is C39H36N4O8. The number of pyridine rings is 2. The van der Waals surface area contributed by atoms with E-state index in [1.807, 2.05) is 48.5 Å². The lowest BCUT2D eigenvalue weighted by Gasteiger charge is -2.30. The number of para-hydroxylation sites is 1. The fraction of sp³-hybridized carbons (Fsp3) is 0.282. The molecule has 0 fully saturated rings. The molecule has 0 saturated heterocycles. The molecule has 1 atom stereocenters. The minimum atomic E-state index is -1.17. The number of ether oxygens (including phenoxy) is 3. The Morgan fingerprint density at radius 3 is 2.41 bits per heavy atom. The maximum atomic E-state index is 13.7. The molecule has 0 aliphatic carbocycles. The zero-order valence-corrected chi connectivity index (χ0v) is 28.6. The Balaban J connectivity index is 1.33. The normalized spacial score (nSPS) is 17.1. The summed E-state index contributed by atoms with van der Waals surface area (Å²) in [5.41, 5.74) is 6.61. The number of carbonyl (C=O) groups excluding carboxylic acids is 3. The molecule has 12 nitrogen and oxygen atoms in total. The number of nitrogens with zero attached hydrogens (tertiary/aromatic N) is 3. The number of fused-ring (bicyclic) bond motifs is 5. The van der Waals surface area contributed by atoms with Gasteiger partial charge < -0.3 is 29.2 Å². The monoisotopic (exact) mass is 688 g/mol. The highest BCUT2D eigenvalue weighted by Crippen LogP contribution is 2.41. The van der Waals surface area contributed by atoms with Crippen molar-refractivity contribution >= 4 is 40.7 Å². The SMILES string of the molecule is CCOC(=O)C1=C(C)NC(C)=C(C(=O)OCC)C1c1cccc(N=Cc2c3c(nc4ccccc24)-c2cc4c(c(=O)n2C3)COC(=O)C[C@@H]4O)c1. The molecule has 0 radical (unpaired) electrons. The summed E-state index contributed by atoms with van der Waals surface area (Å²) >= 11 is 0. The van der Waals surface area contributed by atoms with Crippen molar-refractivity contribution in [3.05, 3.63) is 115 Å². The van der Waals surface area contributed by atoms with Crippen LogP contribution in [0.4, 0.5) is 5.69 Å². The largest absolute Gasteiger partial charge is 0.463 e. The van der Waals surface area contributed by atoms with E-state index in [4.69, 9.17) is 24.2 Å². The molecule has 2 aromatic heterocycles. The molecule has 2 aromatic carbocycles. The average Bonchev–Trinajstić information content (AvgIpc) is 3.40. The van der Waals surface area contributed by atoms with E-state index in [0.717, 1.165) is 16.5 Å². The molecular weight excluding hydrogens is 652 g/mol. The number of aliphatic imine (C=N–C) groups is 1. The Bertz CT molecular complexity index is 2260. The third-order valence-electron chi connectivity index (χ3n) is 9.42. The molecule has 0 amide bonds. The summed E-state index contributed by atoms with van der Waals surface area (Å²) < 4.78 is 17.6. The molecule has 7 rings (SSSR count). The van der Waals surface area contributed by atoms with Crippen LogP contribution >= 0.6 is 0 Å². The van der Waals surface area contributed by atoms with Gasteiger partial charge in [-0.1, -0.05) is 30.3 Å². The van der Waals surface area contributed by atoms with E-state index in [9.17, 15) is 24.3 Å². The van der Waals surface area contributed by atoms with Gasteiger partial charge in [-0.3, -0.25) is 14.6 Å². The lowest BCUT2D eigenvalue weighted by atomic mass is 9.80. The van der Waals surface area contributed by atoms with Gasteiger partial charge in [0.05, 0.1) is 77.5 Å². The summed E-state index contributed by atoms with van der Waals surface area (Å²) in [5.74, 6) is -2.40. The van der Waals surface area contributed by atoms with Crippen LogP contribution in [-0.4, -0.2) is 52.0 Å². The number of nitrogens with one attached hydrogen (secondary N) is 1. The van der Waals surface area contributed by atoms with Gasteiger partial charge in [0.2, 0.25) is 0 Å². The molecule has 5 heterocycles. The first kappa shape index (κ1) is 33.6. The number of aliphatic hydroxyl groups is 1. The van der Waals surface area contributed by atoms with Crippen molar-refractivity contribution in [2.75, 3.05) is 13.2 Å². The Labute approximate surface area is 293 Å². The van der Waals surface area contributed by atoms with E-state index in [1.165, 1.54) is 0 Å². The first-order valence-corrected chi connectivity index (χ1v) is 16.8. The highest BCUT2D eigenvalue weighted by Gasteiger charge is 2.38. The summed E-state index contributed by atoms with van der Waals surface area (Å²) in [6.45, 7) is 7.33. The Kier molecular flexibility index (Phi) is 8.86. The van der Waals surface area contributed by atoms with Crippen molar-refractivity contribution in [2.24, 2.45) is 4.99 Å². The van der Waals surface area contributed by atoms with Crippen LogP contribution in [0.25, 0.3) is 22.3 Å². The molecule has 51 heavy (non-hydrogen) atoms. The number of aliphatic hydroxyl groups excluding tert-OH is 1. The second-order valence-electron chi connectivity index (χ2n) is 12.5. The number of carbonyl (C=O) groups is 3. The van der Waals surface area contributed by atoms with E-state index >= 15 is 0 Å². The third-order valence-corrected chi connectivity index (χ3v) is 9.42. The quantitative estimate of drug-likeness (QED) is 0.135. The molecule has 0 spiro atoms. The zero-order chi connectivity index (χ0) is 36.0. The van der Waals surface area contributed by atoms with Gasteiger partial charge in [0.1, 0.15) is 6.61 Å². The van der Waals surface area contributed by atoms with Crippen molar-refractivity contribution in [1.29, 1.82) is 0 Å². The van der Waals surface area contributed by atoms with E-state index in [2.05, 4.69) is 5.32 Å². The highest BCUT2D eigenvalue weighted by atomic mass is 16.5. The van der Waals surface area contributed by atoms with Crippen LogP contribution in [0.5, 0.6) is 0 Å². The summed E-state index contributed by atoms with van der Waals surface area (Å²) in [7, 11) is 0. The number of benzene rings is 2. The van der Waals surface area contributed by atoms with Crippen molar-refractivity contribution in [3.8, 4) is 11.4 Å². The van der Waals surface area contributed by atoms with Gasteiger partial charge in [0, 0.05) is 34.1 Å². The van der Waals surface area contributed by atoms with Crippen LogP contribution in [0.2, 0.25) is 0 Å². The number of allylic oxidation sites excluding steroid dienone is 2. The summed E-state index contributed by atoms with van der Waals surface area (Å²) in [4.78, 5) is 62.2. The fourth-order valence-corrected chi connectivity index (χ4v) is 7.15. The Morgan fingerprint density at radius 1 is 1.00 bits per heavy atom. The van der Waals surface area contributed by atoms with E-state index in [0.29, 0.717) is 56.3 Å². The molecule has 0 bridgehead atoms. The number of dihydropyridines is 1. The molecule has 0 saturated carbocycles. The van der Waals surface area contributed by atoms with Crippen LogP contribution in [0.3, 0.4) is 0 Å². The van der Waals surface area contributed by atoms with E-state index < -0.39 is 29.9 Å². The van der Waals surface area contributed by atoms with Crippen LogP contribution in [0, 0.1) is 0 Å². The van der Waals surface area contributed by atoms with E-state index in [1.54, 1.807) is 44.5 Å². The van der Waals surface area contributed by atoms with Gasteiger partial charge in [-0.15, -0.1) is 0 Å². The Morgan fingerprint density at radius 2 is 1.71 bits per heavy atom. The van der Waals surface area contributed by atoms with Crippen molar-refractivity contribution in [3.63, 3.8) is 0 Å². The first-order chi connectivity index (χ1) is 24.6. The number of esters is 3. The second-order valence-corrected chi connectivity index (χ2v) is 12.5. The van der Waals surface area contributed by atoms with Gasteiger partial charge >= 0.3 is 17.9 Å². The van der Waals surface area contributed by atoms with Gasteiger partial charge in [0.25, 0.3) is 5.56 Å². The molecule has 2 N–H and O–H groups in total. The number of hydrogen-bond donors (Lipinski definition) is 2. The summed E-state index contributed by atoms with van der Waals surface area (Å²) in [5, 5.41) is 14.8. The fourth-order valence-electron chi connectivity index (χ4n) is 7.15. The van der Waals surface area contributed by atoms with Gasteiger partial charge in [-0.25, -0.2) is 14.6 Å².